The maximum absolute atomic E-state index is 11.1. The molecule has 0 radical (unpaired) electrons. The van der Waals surface area contributed by atoms with Crippen LogP contribution in [-0.4, -0.2) is 39.5 Å². The first kappa shape index (κ1) is 15.9. The summed E-state index contributed by atoms with van der Waals surface area (Å²) in [5, 5.41) is 9.12. The summed E-state index contributed by atoms with van der Waals surface area (Å²) in [6.07, 6.45) is 1.36. The van der Waals surface area contributed by atoms with Crippen LogP contribution in [0, 0.1) is 0 Å². The van der Waals surface area contributed by atoms with E-state index in [0.717, 1.165) is 5.69 Å². The van der Waals surface area contributed by atoms with Crippen LogP contribution in [0.1, 0.15) is 33.4 Å². The first-order valence-corrected chi connectivity index (χ1v) is 6.23. The van der Waals surface area contributed by atoms with E-state index in [0.29, 0.717) is 5.82 Å². The molecule has 7 heteroatoms. The van der Waals surface area contributed by atoms with Gasteiger partial charge in [-0.1, -0.05) is 20.8 Å². The molecule has 0 saturated carbocycles. The molecule has 3 N–H and O–H groups in total. The highest BCUT2D eigenvalue weighted by molar-refractivity contribution is 5.84. The maximum Gasteiger partial charge on any atom is 0.326 e. The van der Waals surface area contributed by atoms with E-state index < -0.39 is 17.9 Å². The zero-order chi connectivity index (χ0) is 15.5. The van der Waals surface area contributed by atoms with Gasteiger partial charge >= 0.3 is 5.97 Å². The Morgan fingerprint density at radius 3 is 2.45 bits per heavy atom. The molecule has 0 bridgehead atoms. The van der Waals surface area contributed by atoms with Gasteiger partial charge in [-0.2, -0.15) is 0 Å². The van der Waals surface area contributed by atoms with Gasteiger partial charge in [0.1, 0.15) is 18.2 Å². The summed E-state index contributed by atoms with van der Waals surface area (Å²) < 4.78 is 0. The normalized spacial score (nSPS) is 12.8. The molecule has 0 spiro atoms. The summed E-state index contributed by atoms with van der Waals surface area (Å²) >= 11 is 0. The van der Waals surface area contributed by atoms with E-state index in [1.807, 2.05) is 20.8 Å². The van der Waals surface area contributed by atoms with Crippen molar-refractivity contribution in [3.05, 3.63) is 18.1 Å². The third-order valence-electron chi connectivity index (χ3n) is 2.87. The standard InChI is InChI=1S/C13H20N4O3/c1-8(12(19)20)17(6-10(14)18)11-5-9(13(2,3)4)15-7-16-11/h5,7-8H,6H2,1-4H3,(H2,14,18)(H,19,20)/t8-/m0/s1. The molecule has 0 unspecified atom stereocenters. The van der Waals surface area contributed by atoms with Gasteiger partial charge in [-0.3, -0.25) is 4.79 Å². The van der Waals surface area contributed by atoms with E-state index in [9.17, 15) is 9.59 Å². The molecule has 0 aliphatic carbocycles. The van der Waals surface area contributed by atoms with Crippen LogP contribution in [0.4, 0.5) is 5.82 Å². The Labute approximate surface area is 117 Å². The molecule has 1 amide bonds. The zero-order valence-corrected chi connectivity index (χ0v) is 12.1. The van der Waals surface area contributed by atoms with E-state index >= 15 is 0 Å². The largest absolute Gasteiger partial charge is 0.480 e. The van der Waals surface area contributed by atoms with Crippen LogP contribution in [0.5, 0.6) is 0 Å². The quantitative estimate of drug-likeness (QED) is 0.814. The van der Waals surface area contributed by atoms with Crippen molar-refractivity contribution in [3.63, 3.8) is 0 Å². The number of hydrogen-bond acceptors (Lipinski definition) is 5. The number of nitrogens with zero attached hydrogens (tertiary/aromatic N) is 3. The molecule has 1 rings (SSSR count). The highest BCUT2D eigenvalue weighted by atomic mass is 16.4. The van der Waals surface area contributed by atoms with Crippen molar-refractivity contribution < 1.29 is 14.7 Å². The minimum Gasteiger partial charge on any atom is -0.480 e. The fraction of sp³-hybridized carbons (Fsp3) is 0.538. The van der Waals surface area contributed by atoms with Gasteiger partial charge in [0.2, 0.25) is 5.91 Å². The first-order valence-electron chi connectivity index (χ1n) is 6.23. The average Bonchev–Trinajstić information content (AvgIpc) is 2.34. The number of carbonyl (C=O) groups excluding carboxylic acids is 1. The Morgan fingerprint density at radius 1 is 1.40 bits per heavy atom. The second-order valence-electron chi connectivity index (χ2n) is 5.62. The summed E-state index contributed by atoms with van der Waals surface area (Å²) in [4.78, 5) is 31.9. The van der Waals surface area contributed by atoms with Gasteiger partial charge in [-0.05, 0) is 6.92 Å². The number of carboxylic acid groups (broad SMARTS) is 1. The lowest BCUT2D eigenvalue weighted by Crippen LogP contribution is -2.44. The Kier molecular flexibility index (Phi) is 4.65. The Morgan fingerprint density at radius 2 is 2.00 bits per heavy atom. The van der Waals surface area contributed by atoms with Crippen molar-refractivity contribution in [2.75, 3.05) is 11.4 Å². The number of nitrogens with two attached hydrogens (primary N) is 1. The predicted molar refractivity (Wildman–Crippen MR) is 74.4 cm³/mol. The van der Waals surface area contributed by atoms with Crippen molar-refractivity contribution >= 4 is 17.7 Å². The van der Waals surface area contributed by atoms with Gasteiger partial charge < -0.3 is 15.7 Å². The summed E-state index contributed by atoms with van der Waals surface area (Å²) in [6, 6.07) is 0.771. The van der Waals surface area contributed by atoms with Crippen molar-refractivity contribution in [1.82, 2.24) is 9.97 Å². The van der Waals surface area contributed by atoms with Gasteiger partial charge in [-0.15, -0.1) is 0 Å². The molecule has 7 nitrogen and oxygen atoms in total. The second kappa shape index (κ2) is 5.85. The van der Waals surface area contributed by atoms with Crippen LogP contribution in [0.3, 0.4) is 0 Å². The van der Waals surface area contributed by atoms with Crippen molar-refractivity contribution in [3.8, 4) is 0 Å². The minimum atomic E-state index is -1.05. The van der Waals surface area contributed by atoms with Crippen LogP contribution < -0.4 is 10.6 Å². The van der Waals surface area contributed by atoms with Gasteiger partial charge in [0.15, 0.2) is 0 Å². The maximum atomic E-state index is 11.1. The molecule has 0 aliphatic heterocycles. The first-order chi connectivity index (χ1) is 9.12. The average molecular weight is 280 g/mol. The molecule has 0 saturated heterocycles. The topological polar surface area (TPSA) is 109 Å². The third kappa shape index (κ3) is 3.91. The lowest BCUT2D eigenvalue weighted by Gasteiger charge is -2.27. The summed E-state index contributed by atoms with van der Waals surface area (Å²) in [5.41, 5.74) is 5.73. The van der Waals surface area contributed by atoms with Crippen LogP contribution >= 0.6 is 0 Å². The van der Waals surface area contributed by atoms with Crippen LogP contribution in [0.25, 0.3) is 0 Å². The molecule has 0 fully saturated rings. The number of carboxylic acids is 1. The highest BCUT2D eigenvalue weighted by Gasteiger charge is 2.25. The molecule has 20 heavy (non-hydrogen) atoms. The molecular weight excluding hydrogens is 260 g/mol. The monoisotopic (exact) mass is 280 g/mol. The fourth-order valence-electron chi connectivity index (χ4n) is 1.63. The van der Waals surface area contributed by atoms with Gasteiger partial charge in [0, 0.05) is 11.5 Å². The Hall–Kier alpha value is -2.18. The van der Waals surface area contributed by atoms with Crippen molar-refractivity contribution in [2.45, 2.75) is 39.2 Å². The Bertz CT molecular complexity index is 511. The second-order valence-corrected chi connectivity index (χ2v) is 5.62. The number of carbonyl (C=O) groups is 2. The predicted octanol–water partition coefficient (Wildman–Crippen LogP) is 0.539. The van der Waals surface area contributed by atoms with Crippen LogP contribution in [0.15, 0.2) is 12.4 Å². The fourth-order valence-corrected chi connectivity index (χ4v) is 1.63. The Balaban J connectivity index is 3.20. The van der Waals surface area contributed by atoms with E-state index in [4.69, 9.17) is 10.8 Å². The van der Waals surface area contributed by atoms with E-state index in [1.165, 1.54) is 18.2 Å². The van der Waals surface area contributed by atoms with E-state index in [-0.39, 0.29) is 12.0 Å². The summed E-state index contributed by atoms with van der Waals surface area (Å²) in [7, 11) is 0. The summed E-state index contributed by atoms with van der Waals surface area (Å²) in [6.45, 7) is 7.21. The molecule has 1 aromatic heterocycles. The van der Waals surface area contributed by atoms with Gasteiger partial charge in [-0.25, -0.2) is 14.8 Å². The number of amides is 1. The number of primary amides is 1. The molecule has 110 valence electrons. The number of hydrogen-bond donors (Lipinski definition) is 2. The number of aromatic nitrogens is 2. The lowest BCUT2D eigenvalue weighted by molar-refractivity contribution is -0.138. The zero-order valence-electron chi connectivity index (χ0n) is 12.1. The van der Waals surface area contributed by atoms with Crippen LogP contribution in [0.2, 0.25) is 0 Å². The molecular formula is C13H20N4O3. The number of rotatable bonds is 5. The SMILES string of the molecule is C[C@@H](C(=O)O)N(CC(N)=O)c1cc(C(C)(C)C)ncn1. The number of anilines is 1. The molecule has 1 atom stereocenters. The molecule has 1 aromatic rings. The summed E-state index contributed by atoms with van der Waals surface area (Å²) in [5.74, 6) is -1.30. The number of aliphatic carboxylic acids is 1. The third-order valence-corrected chi connectivity index (χ3v) is 2.87. The molecule has 1 heterocycles. The lowest BCUT2D eigenvalue weighted by atomic mass is 9.92. The van der Waals surface area contributed by atoms with Gasteiger partial charge in [0.05, 0.1) is 12.2 Å². The van der Waals surface area contributed by atoms with Crippen LogP contribution in [-0.2, 0) is 15.0 Å². The smallest absolute Gasteiger partial charge is 0.326 e. The molecule has 0 aromatic carbocycles. The van der Waals surface area contributed by atoms with Crippen molar-refractivity contribution in [2.24, 2.45) is 5.73 Å². The van der Waals surface area contributed by atoms with Crippen molar-refractivity contribution in [1.29, 1.82) is 0 Å². The molecule has 0 aliphatic rings. The van der Waals surface area contributed by atoms with Gasteiger partial charge in [0.25, 0.3) is 0 Å². The minimum absolute atomic E-state index is 0.206. The van der Waals surface area contributed by atoms with E-state index in [1.54, 1.807) is 6.07 Å². The van der Waals surface area contributed by atoms with E-state index in [2.05, 4.69) is 9.97 Å². The highest BCUT2D eigenvalue weighted by Crippen LogP contribution is 2.23.